The molecule has 1 aromatic rings. The molecule has 2 N–H and O–H groups in total. The van der Waals surface area contributed by atoms with E-state index < -0.39 is 0 Å². The molecule has 0 saturated heterocycles. The van der Waals surface area contributed by atoms with Crippen LogP contribution in [0.1, 0.15) is 37.9 Å². The standard InChI is InChI=1S/C12H19N/c1-4-10-5-7-11(8-6-10)12(13)9(2)3/h5-9,12H,4,13H2,1-3H3/t12-/m1/s1. The third kappa shape index (κ3) is 2.56. The molecule has 13 heavy (non-hydrogen) atoms. The minimum Gasteiger partial charge on any atom is -0.324 e. The van der Waals surface area contributed by atoms with Gasteiger partial charge in [-0.2, -0.15) is 0 Å². The van der Waals surface area contributed by atoms with Gasteiger partial charge < -0.3 is 5.73 Å². The molecule has 0 unspecified atom stereocenters. The lowest BCUT2D eigenvalue weighted by atomic mass is 9.96. The van der Waals surface area contributed by atoms with Crippen LogP contribution in [0.3, 0.4) is 0 Å². The molecule has 1 nitrogen and oxygen atoms in total. The second-order valence-corrected chi connectivity index (χ2v) is 3.86. The van der Waals surface area contributed by atoms with Crippen molar-refractivity contribution < 1.29 is 0 Å². The Labute approximate surface area is 81.0 Å². The van der Waals surface area contributed by atoms with E-state index in [2.05, 4.69) is 45.0 Å². The smallest absolute Gasteiger partial charge is 0.0318 e. The monoisotopic (exact) mass is 177 g/mol. The maximum absolute atomic E-state index is 6.03. The molecule has 0 bridgehead atoms. The van der Waals surface area contributed by atoms with E-state index in [9.17, 15) is 0 Å². The Bertz CT molecular complexity index is 248. The maximum atomic E-state index is 6.03. The Morgan fingerprint density at radius 2 is 1.69 bits per heavy atom. The highest BCUT2D eigenvalue weighted by molar-refractivity contribution is 5.25. The fraction of sp³-hybridized carbons (Fsp3) is 0.500. The highest BCUT2D eigenvalue weighted by Gasteiger charge is 2.09. The predicted octanol–water partition coefficient (Wildman–Crippen LogP) is 2.90. The number of benzene rings is 1. The topological polar surface area (TPSA) is 26.0 Å². The van der Waals surface area contributed by atoms with Crippen molar-refractivity contribution in [2.24, 2.45) is 11.7 Å². The predicted molar refractivity (Wildman–Crippen MR) is 57.6 cm³/mol. The molecular formula is C12H19N. The van der Waals surface area contributed by atoms with Crippen molar-refractivity contribution in [3.8, 4) is 0 Å². The van der Waals surface area contributed by atoms with Gasteiger partial charge in [-0.05, 0) is 23.5 Å². The Balaban J connectivity index is 2.79. The molecule has 1 rings (SSSR count). The molecule has 0 spiro atoms. The summed E-state index contributed by atoms with van der Waals surface area (Å²) in [5, 5.41) is 0. The summed E-state index contributed by atoms with van der Waals surface area (Å²) in [5.74, 6) is 0.507. The largest absolute Gasteiger partial charge is 0.324 e. The van der Waals surface area contributed by atoms with Crippen LogP contribution in [-0.4, -0.2) is 0 Å². The molecule has 0 fully saturated rings. The van der Waals surface area contributed by atoms with Crippen LogP contribution >= 0.6 is 0 Å². The zero-order chi connectivity index (χ0) is 9.84. The number of rotatable bonds is 3. The van der Waals surface area contributed by atoms with Crippen molar-refractivity contribution >= 4 is 0 Å². The van der Waals surface area contributed by atoms with Crippen molar-refractivity contribution in [3.63, 3.8) is 0 Å². The van der Waals surface area contributed by atoms with E-state index in [1.807, 2.05) is 0 Å². The van der Waals surface area contributed by atoms with E-state index >= 15 is 0 Å². The van der Waals surface area contributed by atoms with Gasteiger partial charge >= 0.3 is 0 Å². The summed E-state index contributed by atoms with van der Waals surface area (Å²) >= 11 is 0. The van der Waals surface area contributed by atoms with Gasteiger partial charge in [0.1, 0.15) is 0 Å². The van der Waals surface area contributed by atoms with E-state index in [1.54, 1.807) is 0 Å². The van der Waals surface area contributed by atoms with E-state index in [-0.39, 0.29) is 6.04 Å². The van der Waals surface area contributed by atoms with Crippen LogP contribution < -0.4 is 5.73 Å². The summed E-state index contributed by atoms with van der Waals surface area (Å²) in [6.07, 6.45) is 1.09. The van der Waals surface area contributed by atoms with Gasteiger partial charge in [-0.1, -0.05) is 45.0 Å². The molecule has 0 heterocycles. The van der Waals surface area contributed by atoms with Crippen LogP contribution in [0.5, 0.6) is 0 Å². The Kier molecular flexibility index (Phi) is 3.49. The van der Waals surface area contributed by atoms with Crippen LogP contribution in [0.2, 0.25) is 0 Å². The number of hydrogen-bond donors (Lipinski definition) is 1. The highest BCUT2D eigenvalue weighted by Crippen LogP contribution is 2.18. The van der Waals surface area contributed by atoms with Crippen LogP contribution in [0.4, 0.5) is 0 Å². The van der Waals surface area contributed by atoms with Crippen molar-refractivity contribution in [2.75, 3.05) is 0 Å². The van der Waals surface area contributed by atoms with Gasteiger partial charge in [-0.3, -0.25) is 0 Å². The molecule has 0 radical (unpaired) electrons. The summed E-state index contributed by atoms with van der Waals surface area (Å²) in [7, 11) is 0. The molecule has 0 amide bonds. The van der Waals surface area contributed by atoms with Gasteiger partial charge in [0.2, 0.25) is 0 Å². The zero-order valence-corrected chi connectivity index (χ0v) is 8.75. The molecule has 1 atom stereocenters. The fourth-order valence-electron chi connectivity index (χ4n) is 1.36. The minimum atomic E-state index is 0.172. The number of nitrogens with two attached hydrogens (primary N) is 1. The lowest BCUT2D eigenvalue weighted by Gasteiger charge is -2.16. The van der Waals surface area contributed by atoms with Crippen LogP contribution in [0.25, 0.3) is 0 Å². The van der Waals surface area contributed by atoms with Gasteiger partial charge in [-0.25, -0.2) is 0 Å². The van der Waals surface area contributed by atoms with Gasteiger partial charge in [0.15, 0.2) is 0 Å². The van der Waals surface area contributed by atoms with Gasteiger partial charge in [0, 0.05) is 6.04 Å². The first-order valence-corrected chi connectivity index (χ1v) is 4.99. The van der Waals surface area contributed by atoms with Crippen molar-refractivity contribution in [2.45, 2.75) is 33.2 Å². The van der Waals surface area contributed by atoms with E-state index in [1.165, 1.54) is 11.1 Å². The van der Waals surface area contributed by atoms with Crippen molar-refractivity contribution in [1.29, 1.82) is 0 Å². The second-order valence-electron chi connectivity index (χ2n) is 3.86. The van der Waals surface area contributed by atoms with Crippen LogP contribution in [0, 0.1) is 5.92 Å². The highest BCUT2D eigenvalue weighted by atomic mass is 14.6. The average Bonchev–Trinajstić information content (AvgIpc) is 2.17. The summed E-state index contributed by atoms with van der Waals surface area (Å²) in [5.41, 5.74) is 8.65. The van der Waals surface area contributed by atoms with Gasteiger partial charge in [0.05, 0.1) is 0 Å². The average molecular weight is 177 g/mol. The molecule has 1 heteroatoms. The van der Waals surface area contributed by atoms with Crippen molar-refractivity contribution in [1.82, 2.24) is 0 Å². The molecule has 0 aliphatic carbocycles. The Hall–Kier alpha value is -0.820. The van der Waals surface area contributed by atoms with Crippen LogP contribution in [0.15, 0.2) is 24.3 Å². The third-order valence-electron chi connectivity index (χ3n) is 2.49. The third-order valence-corrected chi connectivity index (χ3v) is 2.49. The zero-order valence-electron chi connectivity index (χ0n) is 8.75. The second kappa shape index (κ2) is 4.43. The minimum absolute atomic E-state index is 0.172. The van der Waals surface area contributed by atoms with Crippen molar-refractivity contribution in [3.05, 3.63) is 35.4 Å². The normalized spacial score (nSPS) is 13.3. The molecule has 0 aliphatic heterocycles. The number of aryl methyl sites for hydroxylation is 1. The fourth-order valence-corrected chi connectivity index (χ4v) is 1.36. The summed E-state index contributed by atoms with van der Waals surface area (Å²) in [4.78, 5) is 0. The Morgan fingerprint density at radius 1 is 1.15 bits per heavy atom. The summed E-state index contributed by atoms with van der Waals surface area (Å²) in [6.45, 7) is 6.47. The van der Waals surface area contributed by atoms with Gasteiger partial charge in [-0.15, -0.1) is 0 Å². The van der Waals surface area contributed by atoms with Gasteiger partial charge in [0.25, 0.3) is 0 Å². The molecule has 72 valence electrons. The lowest BCUT2D eigenvalue weighted by molar-refractivity contribution is 0.514. The Morgan fingerprint density at radius 3 is 2.08 bits per heavy atom. The first kappa shape index (κ1) is 10.3. The molecule has 1 aromatic carbocycles. The van der Waals surface area contributed by atoms with Crippen LogP contribution in [-0.2, 0) is 6.42 Å². The molecule has 0 saturated carbocycles. The summed E-state index contributed by atoms with van der Waals surface area (Å²) < 4.78 is 0. The van der Waals surface area contributed by atoms with E-state index in [0.29, 0.717) is 5.92 Å². The quantitative estimate of drug-likeness (QED) is 0.754. The lowest BCUT2D eigenvalue weighted by Crippen LogP contribution is -2.16. The number of hydrogen-bond acceptors (Lipinski definition) is 1. The van der Waals surface area contributed by atoms with E-state index in [4.69, 9.17) is 5.73 Å². The maximum Gasteiger partial charge on any atom is 0.0318 e. The summed E-state index contributed by atoms with van der Waals surface area (Å²) in [6, 6.07) is 8.79. The first-order valence-electron chi connectivity index (χ1n) is 4.99. The van der Waals surface area contributed by atoms with E-state index in [0.717, 1.165) is 6.42 Å². The molecule has 0 aromatic heterocycles. The SMILES string of the molecule is CCc1ccc([C@H](N)C(C)C)cc1. The first-order chi connectivity index (χ1) is 6.15. The molecule has 0 aliphatic rings. The molecular weight excluding hydrogens is 158 g/mol.